The maximum Gasteiger partial charge on any atom is 0.253 e. The van der Waals surface area contributed by atoms with E-state index in [1.165, 1.54) is 0 Å². The van der Waals surface area contributed by atoms with Gasteiger partial charge in [-0.1, -0.05) is 25.0 Å². The van der Waals surface area contributed by atoms with E-state index >= 15 is 0 Å². The summed E-state index contributed by atoms with van der Waals surface area (Å²) in [6.45, 7) is 3.26. The van der Waals surface area contributed by atoms with Gasteiger partial charge in [-0.15, -0.1) is 0 Å². The molecule has 2 fully saturated rings. The van der Waals surface area contributed by atoms with Crippen LogP contribution in [0.1, 0.15) is 47.6 Å². The molecular formula is C26H32N4O4S. The number of rotatable bonds is 6. The van der Waals surface area contributed by atoms with Gasteiger partial charge in [0.15, 0.2) is 0 Å². The van der Waals surface area contributed by atoms with Gasteiger partial charge < -0.3 is 9.64 Å². The standard InChI is InChI=1S/C26H32N4O4S/c1-34-23-10-6-21(7-11-23)25(20-27)28-16-18-29(19-17-28)26(31)22-8-12-24(13-9-22)35(32,33)30-14-4-2-3-5-15-30/h6-13,25H,2-5,14-19H2,1H3. The van der Waals surface area contributed by atoms with Crippen LogP contribution in [-0.2, 0) is 10.0 Å². The van der Waals surface area contributed by atoms with Crippen molar-refractivity contribution in [2.24, 2.45) is 0 Å². The number of ether oxygens (including phenoxy) is 1. The molecule has 2 aliphatic heterocycles. The quantitative estimate of drug-likeness (QED) is 0.609. The van der Waals surface area contributed by atoms with E-state index in [0.717, 1.165) is 37.0 Å². The smallest absolute Gasteiger partial charge is 0.253 e. The van der Waals surface area contributed by atoms with E-state index in [9.17, 15) is 18.5 Å². The minimum atomic E-state index is -3.54. The first-order chi connectivity index (χ1) is 16.9. The fraction of sp³-hybridized carbons (Fsp3) is 0.462. The molecule has 2 aromatic rings. The summed E-state index contributed by atoms with van der Waals surface area (Å²) in [5.74, 6) is 0.618. The summed E-state index contributed by atoms with van der Waals surface area (Å²) in [7, 11) is -1.93. The van der Waals surface area contributed by atoms with Crippen molar-refractivity contribution in [3.05, 3.63) is 59.7 Å². The van der Waals surface area contributed by atoms with Crippen LogP contribution in [0.3, 0.4) is 0 Å². The number of amides is 1. The summed E-state index contributed by atoms with van der Waals surface area (Å²) in [4.78, 5) is 17.1. The Kier molecular flexibility index (Phi) is 8.06. The summed E-state index contributed by atoms with van der Waals surface area (Å²) in [6.07, 6.45) is 3.88. The lowest BCUT2D eigenvalue weighted by Crippen LogP contribution is -2.49. The molecule has 2 heterocycles. The van der Waals surface area contributed by atoms with Crippen LogP contribution in [0.5, 0.6) is 5.75 Å². The molecule has 4 rings (SSSR count). The number of benzene rings is 2. The molecule has 0 aromatic heterocycles. The first kappa shape index (κ1) is 25.2. The molecule has 0 N–H and O–H groups in total. The van der Waals surface area contributed by atoms with Gasteiger partial charge in [-0.25, -0.2) is 8.42 Å². The lowest BCUT2D eigenvalue weighted by molar-refractivity contribution is 0.0606. The molecular weight excluding hydrogens is 464 g/mol. The van der Waals surface area contributed by atoms with Crippen LogP contribution in [0, 0.1) is 11.3 Å². The van der Waals surface area contributed by atoms with Gasteiger partial charge in [0.1, 0.15) is 11.8 Å². The van der Waals surface area contributed by atoms with Crippen molar-refractivity contribution in [3.8, 4) is 11.8 Å². The van der Waals surface area contributed by atoms with Gasteiger partial charge in [0.25, 0.3) is 5.91 Å². The maximum atomic E-state index is 13.1. The summed E-state index contributed by atoms with van der Waals surface area (Å²) in [5, 5.41) is 9.76. The Morgan fingerprint density at radius 2 is 1.49 bits per heavy atom. The largest absolute Gasteiger partial charge is 0.497 e. The minimum absolute atomic E-state index is 0.124. The fourth-order valence-electron chi connectivity index (χ4n) is 4.72. The molecule has 2 saturated heterocycles. The highest BCUT2D eigenvalue weighted by molar-refractivity contribution is 7.89. The molecule has 1 amide bonds. The number of sulfonamides is 1. The van der Waals surface area contributed by atoms with Crippen LogP contribution in [0.25, 0.3) is 0 Å². The summed E-state index contributed by atoms with van der Waals surface area (Å²) < 4.78 is 32.7. The molecule has 2 aliphatic rings. The van der Waals surface area contributed by atoms with E-state index in [0.29, 0.717) is 44.8 Å². The van der Waals surface area contributed by atoms with Crippen molar-refractivity contribution in [3.63, 3.8) is 0 Å². The number of carbonyl (C=O) groups is 1. The predicted molar refractivity (Wildman–Crippen MR) is 132 cm³/mol. The number of carbonyl (C=O) groups excluding carboxylic acids is 1. The molecule has 0 saturated carbocycles. The van der Waals surface area contributed by atoms with E-state index in [-0.39, 0.29) is 16.8 Å². The van der Waals surface area contributed by atoms with E-state index in [1.807, 2.05) is 24.3 Å². The van der Waals surface area contributed by atoms with Crippen molar-refractivity contribution in [2.75, 3.05) is 46.4 Å². The third kappa shape index (κ3) is 5.67. The fourth-order valence-corrected chi connectivity index (χ4v) is 6.24. The van der Waals surface area contributed by atoms with Crippen LogP contribution >= 0.6 is 0 Å². The van der Waals surface area contributed by atoms with E-state index in [1.54, 1.807) is 40.6 Å². The Morgan fingerprint density at radius 3 is 2.03 bits per heavy atom. The van der Waals surface area contributed by atoms with E-state index in [4.69, 9.17) is 4.74 Å². The Bertz CT molecular complexity index is 1140. The number of methoxy groups -OCH3 is 1. The number of hydrogen-bond donors (Lipinski definition) is 0. The number of hydrogen-bond acceptors (Lipinski definition) is 6. The highest BCUT2D eigenvalue weighted by atomic mass is 32.2. The van der Waals surface area contributed by atoms with Crippen LogP contribution in [-0.4, -0.2) is 74.8 Å². The van der Waals surface area contributed by atoms with Gasteiger partial charge in [-0.2, -0.15) is 9.57 Å². The maximum absolute atomic E-state index is 13.1. The van der Waals surface area contributed by atoms with Gasteiger partial charge in [-0.05, 0) is 54.8 Å². The lowest BCUT2D eigenvalue weighted by Gasteiger charge is -2.37. The minimum Gasteiger partial charge on any atom is -0.497 e. The molecule has 9 heteroatoms. The highest BCUT2D eigenvalue weighted by Crippen LogP contribution is 2.25. The second-order valence-electron chi connectivity index (χ2n) is 8.98. The van der Waals surface area contributed by atoms with Crippen molar-refractivity contribution in [1.29, 1.82) is 5.26 Å². The molecule has 8 nitrogen and oxygen atoms in total. The molecule has 35 heavy (non-hydrogen) atoms. The van der Waals surface area contributed by atoms with Gasteiger partial charge in [0, 0.05) is 44.8 Å². The zero-order valence-electron chi connectivity index (χ0n) is 20.1. The third-order valence-corrected chi connectivity index (χ3v) is 8.74. The van der Waals surface area contributed by atoms with Gasteiger partial charge in [0.2, 0.25) is 10.0 Å². The monoisotopic (exact) mass is 496 g/mol. The molecule has 186 valence electrons. The van der Waals surface area contributed by atoms with E-state index < -0.39 is 10.0 Å². The first-order valence-corrected chi connectivity index (χ1v) is 13.5. The molecule has 0 radical (unpaired) electrons. The van der Waals surface area contributed by atoms with Gasteiger partial charge in [0.05, 0.1) is 18.1 Å². The molecule has 0 bridgehead atoms. The SMILES string of the molecule is COc1ccc(C(C#N)N2CCN(C(=O)c3ccc(S(=O)(=O)N4CCCCCC4)cc3)CC2)cc1. The van der Waals surface area contributed by atoms with Crippen molar-refractivity contribution >= 4 is 15.9 Å². The number of piperazine rings is 1. The molecule has 1 unspecified atom stereocenters. The summed E-state index contributed by atoms with van der Waals surface area (Å²) in [5.41, 5.74) is 1.37. The topological polar surface area (TPSA) is 94.0 Å². The second kappa shape index (κ2) is 11.2. The normalized spacial score (nSPS) is 18.9. The Labute approximate surface area is 207 Å². The predicted octanol–water partition coefficient (Wildman–Crippen LogP) is 3.28. The van der Waals surface area contributed by atoms with Crippen LogP contribution < -0.4 is 4.74 Å². The first-order valence-electron chi connectivity index (χ1n) is 12.1. The Hall–Kier alpha value is -2.93. The second-order valence-corrected chi connectivity index (χ2v) is 10.9. The molecule has 0 aliphatic carbocycles. The van der Waals surface area contributed by atoms with Crippen molar-refractivity contribution in [1.82, 2.24) is 14.1 Å². The zero-order valence-corrected chi connectivity index (χ0v) is 20.9. The average Bonchev–Trinajstić information content (AvgIpc) is 3.20. The van der Waals surface area contributed by atoms with Gasteiger partial charge >= 0.3 is 0 Å². The van der Waals surface area contributed by atoms with E-state index in [2.05, 4.69) is 11.0 Å². The Balaban J connectivity index is 1.37. The van der Waals surface area contributed by atoms with Crippen LogP contribution in [0.2, 0.25) is 0 Å². The van der Waals surface area contributed by atoms with Gasteiger partial charge in [-0.3, -0.25) is 9.69 Å². The summed E-state index contributed by atoms with van der Waals surface area (Å²) >= 11 is 0. The van der Waals surface area contributed by atoms with Crippen LogP contribution in [0.15, 0.2) is 53.4 Å². The third-order valence-electron chi connectivity index (χ3n) is 6.82. The zero-order chi connectivity index (χ0) is 24.8. The highest BCUT2D eigenvalue weighted by Gasteiger charge is 2.29. The van der Waals surface area contributed by atoms with Crippen molar-refractivity contribution in [2.45, 2.75) is 36.6 Å². The lowest BCUT2D eigenvalue weighted by atomic mass is 10.1. The Morgan fingerprint density at radius 1 is 0.886 bits per heavy atom. The molecule has 0 spiro atoms. The summed E-state index contributed by atoms with van der Waals surface area (Å²) in [6, 6.07) is 15.8. The number of nitriles is 1. The van der Waals surface area contributed by atoms with Crippen LogP contribution in [0.4, 0.5) is 0 Å². The number of nitrogens with zero attached hydrogens (tertiary/aromatic N) is 4. The molecule has 2 aromatic carbocycles. The molecule has 1 atom stereocenters. The average molecular weight is 497 g/mol. The van der Waals surface area contributed by atoms with Crippen molar-refractivity contribution < 1.29 is 17.9 Å².